The lowest BCUT2D eigenvalue weighted by Crippen LogP contribution is -2.33. The smallest absolute Gasteiger partial charge is 0.322 e. The van der Waals surface area contributed by atoms with Gasteiger partial charge in [-0.1, -0.05) is 18.2 Å². The predicted molar refractivity (Wildman–Crippen MR) is 62.3 cm³/mol. The van der Waals surface area contributed by atoms with E-state index in [0.29, 0.717) is 12.3 Å². The van der Waals surface area contributed by atoms with Crippen LogP contribution in [0.4, 0.5) is 5.69 Å². The van der Waals surface area contributed by atoms with Gasteiger partial charge in [0.1, 0.15) is 6.04 Å². The van der Waals surface area contributed by atoms with E-state index in [1.807, 2.05) is 18.2 Å². The third-order valence-corrected chi connectivity index (χ3v) is 2.98. The highest BCUT2D eigenvalue weighted by Gasteiger charge is 2.26. The van der Waals surface area contributed by atoms with E-state index >= 15 is 0 Å². The molecule has 0 saturated heterocycles. The number of fused-ring (bicyclic) bond motifs is 1. The summed E-state index contributed by atoms with van der Waals surface area (Å²) in [7, 11) is 1.36. The summed E-state index contributed by atoms with van der Waals surface area (Å²) in [4.78, 5) is 11.2. The first-order valence-electron chi connectivity index (χ1n) is 5.38. The van der Waals surface area contributed by atoms with Crippen molar-refractivity contribution < 1.29 is 9.53 Å². The Hall–Kier alpha value is -1.55. The molecule has 16 heavy (non-hydrogen) atoms. The minimum atomic E-state index is -0.539. The molecule has 4 nitrogen and oxygen atoms in total. The molecule has 2 atom stereocenters. The first-order valence-corrected chi connectivity index (χ1v) is 5.38. The number of esters is 1. The molecule has 0 spiro atoms. The third-order valence-electron chi connectivity index (χ3n) is 2.98. The topological polar surface area (TPSA) is 64.3 Å². The van der Waals surface area contributed by atoms with Gasteiger partial charge < -0.3 is 15.8 Å². The highest BCUT2D eigenvalue weighted by molar-refractivity contribution is 5.75. The van der Waals surface area contributed by atoms with Crippen LogP contribution in [-0.4, -0.2) is 25.7 Å². The Morgan fingerprint density at radius 1 is 1.62 bits per heavy atom. The number of benzene rings is 1. The Kier molecular flexibility index (Phi) is 3.10. The van der Waals surface area contributed by atoms with E-state index in [4.69, 9.17) is 5.73 Å². The van der Waals surface area contributed by atoms with Crippen LogP contribution in [-0.2, 0) is 9.53 Å². The van der Waals surface area contributed by atoms with Crippen LogP contribution in [0.15, 0.2) is 24.3 Å². The fourth-order valence-corrected chi connectivity index (χ4v) is 2.12. The van der Waals surface area contributed by atoms with Crippen molar-refractivity contribution in [3.05, 3.63) is 29.8 Å². The zero-order valence-corrected chi connectivity index (χ0v) is 9.27. The molecule has 1 aromatic carbocycles. The van der Waals surface area contributed by atoms with Gasteiger partial charge in [-0.3, -0.25) is 4.79 Å². The van der Waals surface area contributed by atoms with E-state index in [2.05, 4.69) is 16.1 Å². The third kappa shape index (κ3) is 2.02. The molecule has 3 N–H and O–H groups in total. The Labute approximate surface area is 94.8 Å². The molecule has 0 bridgehead atoms. The normalized spacial score (nSPS) is 19.8. The first-order chi connectivity index (χ1) is 7.72. The van der Waals surface area contributed by atoms with Crippen LogP contribution in [0.3, 0.4) is 0 Å². The zero-order valence-electron chi connectivity index (χ0n) is 9.27. The molecular weight excluding hydrogens is 204 g/mol. The highest BCUT2D eigenvalue weighted by Crippen LogP contribution is 2.33. The Balaban J connectivity index is 2.06. The molecule has 1 aromatic rings. The maximum atomic E-state index is 11.2. The molecular formula is C12H16N2O2. The molecule has 86 valence electrons. The number of nitrogens with two attached hydrogens (primary N) is 1. The quantitative estimate of drug-likeness (QED) is 0.748. The van der Waals surface area contributed by atoms with E-state index in [-0.39, 0.29) is 5.97 Å². The van der Waals surface area contributed by atoms with E-state index < -0.39 is 6.04 Å². The van der Waals surface area contributed by atoms with Crippen LogP contribution in [0.1, 0.15) is 17.9 Å². The first kappa shape index (κ1) is 11.0. The minimum absolute atomic E-state index is 0.297. The second kappa shape index (κ2) is 4.53. The molecule has 1 aliphatic heterocycles. The number of hydrogen-bond donors (Lipinski definition) is 2. The lowest BCUT2D eigenvalue weighted by molar-refractivity contribution is -0.142. The molecule has 1 aliphatic rings. The lowest BCUT2D eigenvalue weighted by atomic mass is 9.94. The molecule has 0 amide bonds. The summed E-state index contributed by atoms with van der Waals surface area (Å²) in [6.07, 6.45) is 0.622. The van der Waals surface area contributed by atoms with Gasteiger partial charge in [-0.2, -0.15) is 0 Å². The molecule has 0 saturated carbocycles. The summed E-state index contributed by atoms with van der Waals surface area (Å²) in [5.74, 6) is -0.0466. The average Bonchev–Trinajstić information content (AvgIpc) is 2.72. The fourth-order valence-electron chi connectivity index (χ4n) is 2.12. The maximum Gasteiger partial charge on any atom is 0.322 e. The van der Waals surface area contributed by atoms with Crippen LogP contribution >= 0.6 is 0 Å². The van der Waals surface area contributed by atoms with Crippen molar-refractivity contribution in [1.82, 2.24) is 0 Å². The molecule has 2 rings (SSSR count). The molecule has 0 radical (unpaired) electrons. The molecule has 1 heterocycles. The SMILES string of the molecule is COC(=O)[C@@H](N)CC1CNc2ccccc21. The van der Waals surface area contributed by atoms with Gasteiger partial charge in [-0.15, -0.1) is 0 Å². The predicted octanol–water partition coefficient (Wildman–Crippen LogP) is 1.09. The maximum absolute atomic E-state index is 11.2. The number of carbonyl (C=O) groups excluding carboxylic acids is 1. The van der Waals surface area contributed by atoms with Gasteiger partial charge in [0.05, 0.1) is 7.11 Å². The lowest BCUT2D eigenvalue weighted by Gasteiger charge is -2.14. The van der Waals surface area contributed by atoms with Gasteiger partial charge in [-0.05, 0) is 18.1 Å². The number of methoxy groups -OCH3 is 1. The van der Waals surface area contributed by atoms with Gasteiger partial charge in [0.15, 0.2) is 0 Å². The van der Waals surface area contributed by atoms with Crippen molar-refractivity contribution >= 4 is 11.7 Å². The van der Waals surface area contributed by atoms with Crippen molar-refractivity contribution in [1.29, 1.82) is 0 Å². The van der Waals surface area contributed by atoms with Crippen LogP contribution in [0.25, 0.3) is 0 Å². The largest absolute Gasteiger partial charge is 0.468 e. The van der Waals surface area contributed by atoms with Crippen LogP contribution < -0.4 is 11.1 Å². The van der Waals surface area contributed by atoms with E-state index in [9.17, 15) is 4.79 Å². The van der Waals surface area contributed by atoms with E-state index in [1.165, 1.54) is 12.7 Å². The average molecular weight is 220 g/mol. The number of rotatable bonds is 3. The molecule has 0 aliphatic carbocycles. The zero-order chi connectivity index (χ0) is 11.5. The summed E-state index contributed by atoms with van der Waals surface area (Å²) >= 11 is 0. The van der Waals surface area contributed by atoms with Gasteiger partial charge >= 0.3 is 5.97 Å². The van der Waals surface area contributed by atoms with Gasteiger partial charge in [0.25, 0.3) is 0 Å². The van der Waals surface area contributed by atoms with Crippen molar-refractivity contribution in [2.75, 3.05) is 19.0 Å². The second-order valence-corrected chi connectivity index (χ2v) is 4.03. The number of anilines is 1. The van der Waals surface area contributed by atoms with Gasteiger partial charge in [-0.25, -0.2) is 0 Å². The summed E-state index contributed by atoms with van der Waals surface area (Å²) < 4.78 is 4.63. The molecule has 1 unspecified atom stereocenters. The standard InChI is InChI=1S/C12H16N2O2/c1-16-12(15)10(13)6-8-7-14-11-5-3-2-4-9(8)11/h2-5,8,10,14H,6-7,13H2,1H3/t8?,10-/m0/s1. The van der Waals surface area contributed by atoms with Crippen molar-refractivity contribution in [2.45, 2.75) is 18.4 Å². The van der Waals surface area contributed by atoms with Crippen molar-refractivity contribution in [3.8, 4) is 0 Å². The highest BCUT2D eigenvalue weighted by atomic mass is 16.5. The Morgan fingerprint density at radius 3 is 3.12 bits per heavy atom. The van der Waals surface area contributed by atoms with Crippen LogP contribution in [0.5, 0.6) is 0 Å². The molecule has 0 fully saturated rings. The second-order valence-electron chi connectivity index (χ2n) is 4.03. The number of para-hydroxylation sites is 1. The monoisotopic (exact) mass is 220 g/mol. The summed E-state index contributed by atoms with van der Waals surface area (Å²) in [6.45, 7) is 0.837. The van der Waals surface area contributed by atoms with Crippen LogP contribution in [0, 0.1) is 0 Å². The van der Waals surface area contributed by atoms with Gasteiger partial charge in [0, 0.05) is 18.2 Å². The summed E-state index contributed by atoms with van der Waals surface area (Å²) in [6, 6.07) is 7.57. The summed E-state index contributed by atoms with van der Waals surface area (Å²) in [5, 5.41) is 3.30. The number of ether oxygens (including phenoxy) is 1. The Morgan fingerprint density at radius 2 is 2.38 bits per heavy atom. The van der Waals surface area contributed by atoms with E-state index in [1.54, 1.807) is 0 Å². The Bertz CT molecular complexity index is 392. The summed E-state index contributed by atoms with van der Waals surface area (Å²) in [5.41, 5.74) is 8.14. The van der Waals surface area contributed by atoms with Crippen molar-refractivity contribution in [2.24, 2.45) is 5.73 Å². The number of nitrogens with one attached hydrogen (secondary N) is 1. The van der Waals surface area contributed by atoms with Gasteiger partial charge in [0.2, 0.25) is 0 Å². The molecule has 4 heteroatoms. The minimum Gasteiger partial charge on any atom is -0.468 e. The van der Waals surface area contributed by atoms with Crippen molar-refractivity contribution in [3.63, 3.8) is 0 Å². The number of carbonyl (C=O) groups is 1. The number of hydrogen-bond acceptors (Lipinski definition) is 4. The molecule has 0 aromatic heterocycles. The van der Waals surface area contributed by atoms with E-state index in [0.717, 1.165) is 12.2 Å². The van der Waals surface area contributed by atoms with Crippen LogP contribution in [0.2, 0.25) is 0 Å². The fraction of sp³-hybridized carbons (Fsp3) is 0.417.